The molecule has 1 atom stereocenters. The first-order chi connectivity index (χ1) is 11.7. The van der Waals surface area contributed by atoms with Crippen molar-refractivity contribution in [3.63, 3.8) is 0 Å². The summed E-state index contributed by atoms with van der Waals surface area (Å²) in [6.07, 6.45) is 1.87. The minimum atomic E-state index is -3.72. The van der Waals surface area contributed by atoms with Crippen LogP contribution in [0.3, 0.4) is 0 Å². The normalized spacial score (nSPS) is 12.6. The minimum Gasteiger partial charge on any atom is -0.325 e. The summed E-state index contributed by atoms with van der Waals surface area (Å²) in [5, 5.41) is 2.68. The SMILES string of the molecule is CSc1ccc(S(=O)(=O)N[C@@H](C)c2ccccc2C)cc1NC(C)=O. The second-order valence-electron chi connectivity index (χ2n) is 5.74. The molecule has 0 unspecified atom stereocenters. The third-order valence-corrected chi connectivity index (χ3v) is 6.11. The van der Waals surface area contributed by atoms with Crippen molar-refractivity contribution in [3.05, 3.63) is 53.6 Å². The molecule has 0 saturated heterocycles. The Morgan fingerprint density at radius 2 is 1.84 bits per heavy atom. The number of aryl methyl sites for hydroxylation is 1. The fraction of sp³-hybridized carbons (Fsp3) is 0.278. The van der Waals surface area contributed by atoms with E-state index in [0.717, 1.165) is 16.0 Å². The molecule has 0 radical (unpaired) electrons. The molecule has 0 bridgehead atoms. The number of hydrogen-bond donors (Lipinski definition) is 2. The van der Waals surface area contributed by atoms with Gasteiger partial charge in [0.2, 0.25) is 15.9 Å². The molecule has 0 fully saturated rings. The lowest BCUT2D eigenvalue weighted by Gasteiger charge is -2.17. The zero-order valence-corrected chi connectivity index (χ0v) is 16.3. The molecule has 2 aromatic rings. The number of anilines is 1. The molecule has 2 rings (SSSR count). The van der Waals surface area contributed by atoms with Crippen molar-refractivity contribution in [2.45, 2.75) is 36.6 Å². The van der Waals surface area contributed by atoms with E-state index in [1.165, 1.54) is 24.8 Å². The van der Waals surface area contributed by atoms with E-state index in [0.29, 0.717) is 5.69 Å². The zero-order valence-electron chi connectivity index (χ0n) is 14.7. The highest BCUT2D eigenvalue weighted by molar-refractivity contribution is 7.98. The Labute approximate surface area is 153 Å². The lowest BCUT2D eigenvalue weighted by molar-refractivity contribution is -0.114. The summed E-state index contributed by atoms with van der Waals surface area (Å²) in [7, 11) is -3.72. The van der Waals surface area contributed by atoms with Gasteiger partial charge in [-0.2, -0.15) is 0 Å². The summed E-state index contributed by atoms with van der Waals surface area (Å²) in [5.41, 5.74) is 2.44. The van der Waals surface area contributed by atoms with Gasteiger partial charge in [0, 0.05) is 17.9 Å². The number of rotatable bonds is 6. The van der Waals surface area contributed by atoms with E-state index < -0.39 is 10.0 Å². The Balaban J connectivity index is 2.33. The molecule has 0 saturated carbocycles. The molecule has 5 nitrogen and oxygen atoms in total. The quantitative estimate of drug-likeness (QED) is 0.751. The second kappa shape index (κ2) is 8.03. The van der Waals surface area contributed by atoms with E-state index in [1.807, 2.05) is 44.4 Å². The van der Waals surface area contributed by atoms with Crippen molar-refractivity contribution in [3.8, 4) is 0 Å². The average Bonchev–Trinajstić information content (AvgIpc) is 2.54. The van der Waals surface area contributed by atoms with E-state index in [4.69, 9.17) is 0 Å². The van der Waals surface area contributed by atoms with Crippen LogP contribution < -0.4 is 10.0 Å². The number of thioether (sulfide) groups is 1. The highest BCUT2D eigenvalue weighted by atomic mass is 32.2. The molecule has 0 aliphatic heterocycles. The van der Waals surface area contributed by atoms with Gasteiger partial charge in [-0.05, 0) is 49.4 Å². The van der Waals surface area contributed by atoms with E-state index in [9.17, 15) is 13.2 Å². The van der Waals surface area contributed by atoms with E-state index in [2.05, 4.69) is 10.0 Å². The van der Waals surface area contributed by atoms with Gasteiger partial charge in [-0.25, -0.2) is 13.1 Å². The van der Waals surface area contributed by atoms with Gasteiger partial charge in [0.15, 0.2) is 0 Å². The van der Waals surface area contributed by atoms with Gasteiger partial charge in [0.05, 0.1) is 10.6 Å². The van der Waals surface area contributed by atoms with Crippen LogP contribution in [0.2, 0.25) is 0 Å². The summed E-state index contributed by atoms with van der Waals surface area (Å²) in [6, 6.07) is 12.0. The van der Waals surface area contributed by atoms with Crippen molar-refractivity contribution in [2.24, 2.45) is 0 Å². The smallest absolute Gasteiger partial charge is 0.241 e. The molecule has 0 spiro atoms. The van der Waals surface area contributed by atoms with Crippen molar-refractivity contribution < 1.29 is 13.2 Å². The van der Waals surface area contributed by atoms with Gasteiger partial charge in [0.25, 0.3) is 0 Å². The van der Waals surface area contributed by atoms with Crippen LogP contribution in [-0.2, 0) is 14.8 Å². The van der Waals surface area contributed by atoms with Crippen molar-refractivity contribution in [1.82, 2.24) is 4.72 Å². The summed E-state index contributed by atoms with van der Waals surface area (Å²) in [6.45, 7) is 5.15. The van der Waals surface area contributed by atoms with E-state index in [1.54, 1.807) is 12.1 Å². The van der Waals surface area contributed by atoms with Crippen molar-refractivity contribution in [2.75, 3.05) is 11.6 Å². The molecule has 2 N–H and O–H groups in total. The fourth-order valence-electron chi connectivity index (χ4n) is 2.58. The number of nitrogens with one attached hydrogen (secondary N) is 2. The van der Waals surface area contributed by atoms with Crippen LogP contribution in [0.15, 0.2) is 52.3 Å². The molecule has 7 heteroatoms. The van der Waals surface area contributed by atoms with Gasteiger partial charge in [-0.1, -0.05) is 24.3 Å². The predicted octanol–water partition coefficient (Wildman–Crippen LogP) is 3.71. The van der Waals surface area contributed by atoms with E-state index in [-0.39, 0.29) is 16.8 Å². The lowest BCUT2D eigenvalue weighted by atomic mass is 10.0. The van der Waals surface area contributed by atoms with E-state index >= 15 is 0 Å². The number of carbonyl (C=O) groups excluding carboxylic acids is 1. The molecule has 0 aromatic heterocycles. The Morgan fingerprint density at radius 1 is 1.16 bits per heavy atom. The summed E-state index contributed by atoms with van der Waals surface area (Å²) < 4.78 is 28.2. The number of benzene rings is 2. The monoisotopic (exact) mass is 378 g/mol. The Hall–Kier alpha value is -1.83. The molecular weight excluding hydrogens is 356 g/mol. The number of amides is 1. The van der Waals surface area contributed by atoms with Crippen LogP contribution in [0.4, 0.5) is 5.69 Å². The maximum Gasteiger partial charge on any atom is 0.241 e. The van der Waals surface area contributed by atoms with Crippen LogP contribution in [0.5, 0.6) is 0 Å². The molecule has 0 heterocycles. The van der Waals surface area contributed by atoms with Gasteiger partial charge in [-0.15, -0.1) is 11.8 Å². The highest BCUT2D eigenvalue weighted by Gasteiger charge is 2.20. The second-order valence-corrected chi connectivity index (χ2v) is 8.30. The third kappa shape index (κ3) is 4.84. The molecule has 0 aliphatic rings. The van der Waals surface area contributed by atoms with Crippen molar-refractivity contribution in [1.29, 1.82) is 0 Å². The van der Waals surface area contributed by atoms with Crippen LogP contribution in [0.25, 0.3) is 0 Å². The Morgan fingerprint density at radius 3 is 2.44 bits per heavy atom. The molecule has 1 amide bonds. The molecule has 2 aromatic carbocycles. The highest BCUT2D eigenvalue weighted by Crippen LogP contribution is 2.29. The topological polar surface area (TPSA) is 75.3 Å². The first-order valence-corrected chi connectivity index (χ1v) is 10.5. The van der Waals surface area contributed by atoms with Gasteiger partial charge in [0.1, 0.15) is 0 Å². The molecule has 25 heavy (non-hydrogen) atoms. The summed E-state index contributed by atoms with van der Waals surface area (Å²) in [5.74, 6) is -0.244. The largest absolute Gasteiger partial charge is 0.325 e. The van der Waals surface area contributed by atoms with Gasteiger partial charge >= 0.3 is 0 Å². The molecule has 134 valence electrons. The first-order valence-electron chi connectivity index (χ1n) is 7.78. The standard InChI is InChI=1S/C18H22N2O3S2/c1-12-7-5-6-8-16(12)13(2)20-25(22,23)15-9-10-18(24-4)17(11-15)19-14(3)21/h5-11,13,20H,1-4H3,(H,19,21)/t13-/m0/s1. The first kappa shape index (κ1) is 19.5. The van der Waals surface area contributed by atoms with Crippen LogP contribution in [-0.4, -0.2) is 20.6 Å². The minimum absolute atomic E-state index is 0.120. The summed E-state index contributed by atoms with van der Waals surface area (Å²) in [4.78, 5) is 12.3. The zero-order chi connectivity index (χ0) is 18.6. The van der Waals surface area contributed by atoms with Crippen LogP contribution in [0, 0.1) is 6.92 Å². The molecular formula is C18H22N2O3S2. The van der Waals surface area contributed by atoms with Gasteiger partial charge < -0.3 is 5.32 Å². The van der Waals surface area contributed by atoms with Crippen LogP contribution in [0.1, 0.15) is 31.0 Å². The number of hydrogen-bond acceptors (Lipinski definition) is 4. The summed E-state index contributed by atoms with van der Waals surface area (Å²) >= 11 is 1.44. The average molecular weight is 379 g/mol. The predicted molar refractivity (Wildman–Crippen MR) is 102 cm³/mol. The lowest BCUT2D eigenvalue weighted by Crippen LogP contribution is -2.27. The fourth-order valence-corrected chi connectivity index (χ4v) is 4.36. The molecule has 0 aliphatic carbocycles. The van der Waals surface area contributed by atoms with Gasteiger partial charge in [-0.3, -0.25) is 4.79 Å². The number of carbonyl (C=O) groups is 1. The maximum atomic E-state index is 12.7. The number of sulfonamides is 1. The Kier molecular flexibility index (Phi) is 6.26. The van der Waals surface area contributed by atoms with Crippen molar-refractivity contribution >= 4 is 33.4 Å². The Bertz CT molecular complexity index is 880. The third-order valence-electron chi connectivity index (χ3n) is 3.78. The van der Waals surface area contributed by atoms with Crippen LogP contribution >= 0.6 is 11.8 Å². The maximum absolute atomic E-state index is 12.7.